The van der Waals surface area contributed by atoms with Crippen LogP contribution in [0.4, 0.5) is 4.79 Å². The summed E-state index contributed by atoms with van der Waals surface area (Å²) in [6.07, 6.45) is 0.970. The zero-order valence-electron chi connectivity index (χ0n) is 11.9. The Morgan fingerprint density at radius 2 is 2.18 bits per heavy atom. The van der Waals surface area contributed by atoms with Gasteiger partial charge in [0, 0.05) is 24.9 Å². The summed E-state index contributed by atoms with van der Waals surface area (Å²) in [5.41, 5.74) is 3.00. The Balaban J connectivity index is 2.11. The summed E-state index contributed by atoms with van der Waals surface area (Å²) >= 11 is 5.96. The largest absolute Gasteiger partial charge is 0.413 e. The number of amides is 1. The molecule has 112 valence electrons. The highest BCUT2D eigenvalue weighted by molar-refractivity contribution is 6.29. The van der Waals surface area contributed by atoms with Crippen molar-refractivity contribution in [3.8, 4) is 17.1 Å². The van der Waals surface area contributed by atoms with E-state index in [4.69, 9.17) is 16.3 Å². The fourth-order valence-corrected chi connectivity index (χ4v) is 2.25. The van der Waals surface area contributed by atoms with Gasteiger partial charge in [0.05, 0.1) is 11.4 Å². The number of aryl methyl sites for hydroxylation is 1. The number of rotatable bonds is 2. The molecule has 0 unspecified atom stereocenters. The van der Waals surface area contributed by atoms with Crippen LogP contribution in [0.3, 0.4) is 0 Å². The van der Waals surface area contributed by atoms with Crippen molar-refractivity contribution in [2.75, 3.05) is 7.05 Å². The van der Waals surface area contributed by atoms with Crippen LogP contribution in [0.5, 0.6) is 5.88 Å². The first-order chi connectivity index (χ1) is 10.6. The average molecular weight is 318 g/mol. The molecule has 0 aliphatic rings. The van der Waals surface area contributed by atoms with E-state index in [0.717, 1.165) is 17.0 Å². The van der Waals surface area contributed by atoms with Gasteiger partial charge in [-0.3, -0.25) is 0 Å². The highest BCUT2D eigenvalue weighted by Crippen LogP contribution is 2.26. The number of aromatic nitrogens is 4. The molecule has 0 radical (unpaired) electrons. The molecule has 0 saturated carbocycles. The third-order valence-electron chi connectivity index (χ3n) is 3.03. The maximum absolute atomic E-state index is 11.3. The molecule has 0 atom stereocenters. The van der Waals surface area contributed by atoms with Crippen LogP contribution in [-0.2, 0) is 0 Å². The van der Waals surface area contributed by atoms with Crippen LogP contribution in [0.25, 0.3) is 16.9 Å². The molecule has 0 bridgehead atoms. The third kappa shape index (κ3) is 2.58. The number of imidazole rings is 1. The monoisotopic (exact) mass is 317 g/mol. The fourth-order valence-electron chi connectivity index (χ4n) is 2.11. The lowest BCUT2D eigenvalue weighted by Crippen LogP contribution is -2.22. The van der Waals surface area contributed by atoms with Gasteiger partial charge in [-0.25, -0.2) is 19.3 Å². The minimum atomic E-state index is -0.583. The molecule has 0 saturated heterocycles. The number of hydrogen-bond donors (Lipinski definition) is 1. The van der Waals surface area contributed by atoms with E-state index in [2.05, 4.69) is 20.4 Å². The molecule has 3 heterocycles. The van der Waals surface area contributed by atoms with Gasteiger partial charge in [0.1, 0.15) is 5.15 Å². The predicted octanol–water partition coefficient (Wildman–Crippen LogP) is 2.47. The summed E-state index contributed by atoms with van der Waals surface area (Å²) in [4.78, 5) is 19.7. The van der Waals surface area contributed by atoms with Crippen LogP contribution < -0.4 is 10.1 Å². The minimum absolute atomic E-state index is 0.188. The molecule has 7 nitrogen and oxygen atoms in total. The molecule has 8 heteroatoms. The van der Waals surface area contributed by atoms with E-state index in [1.807, 2.05) is 6.92 Å². The van der Waals surface area contributed by atoms with Gasteiger partial charge < -0.3 is 10.1 Å². The van der Waals surface area contributed by atoms with Crippen LogP contribution >= 0.6 is 11.6 Å². The van der Waals surface area contributed by atoms with Gasteiger partial charge in [-0.15, -0.1) is 0 Å². The molecular weight excluding hydrogens is 306 g/mol. The zero-order valence-corrected chi connectivity index (χ0v) is 12.6. The summed E-state index contributed by atoms with van der Waals surface area (Å²) in [5.74, 6) is 0.188. The number of nitrogens with zero attached hydrogens (tertiary/aromatic N) is 4. The lowest BCUT2D eigenvalue weighted by atomic mass is 10.1. The number of ether oxygens (including phenoxy) is 1. The number of nitrogens with one attached hydrogen (secondary N) is 1. The smallest absolute Gasteiger partial charge is 0.391 e. The number of carbonyl (C=O) groups is 1. The van der Waals surface area contributed by atoms with E-state index >= 15 is 0 Å². The molecule has 0 aromatic carbocycles. The van der Waals surface area contributed by atoms with Crippen LogP contribution in [-0.4, -0.2) is 32.7 Å². The van der Waals surface area contributed by atoms with Crippen molar-refractivity contribution in [3.05, 3.63) is 41.3 Å². The maximum Gasteiger partial charge on any atom is 0.413 e. The van der Waals surface area contributed by atoms with E-state index in [9.17, 15) is 4.79 Å². The average Bonchev–Trinajstić information content (AvgIpc) is 2.82. The van der Waals surface area contributed by atoms with E-state index in [1.54, 1.807) is 35.0 Å². The van der Waals surface area contributed by atoms with Gasteiger partial charge in [-0.2, -0.15) is 5.10 Å². The zero-order chi connectivity index (χ0) is 15.7. The Hall–Kier alpha value is -2.67. The van der Waals surface area contributed by atoms with Crippen LogP contribution in [0, 0.1) is 6.92 Å². The second-order valence-corrected chi connectivity index (χ2v) is 4.88. The van der Waals surface area contributed by atoms with Gasteiger partial charge >= 0.3 is 6.09 Å². The lowest BCUT2D eigenvalue weighted by molar-refractivity contribution is 0.201. The van der Waals surface area contributed by atoms with Crippen molar-refractivity contribution in [1.29, 1.82) is 0 Å². The summed E-state index contributed by atoms with van der Waals surface area (Å²) in [6, 6.07) is 6.90. The van der Waals surface area contributed by atoms with Crippen LogP contribution in [0.15, 0.2) is 30.5 Å². The maximum atomic E-state index is 11.3. The molecule has 3 aromatic heterocycles. The molecule has 0 spiro atoms. The minimum Gasteiger partial charge on any atom is -0.391 e. The second kappa shape index (κ2) is 5.61. The number of halogens is 1. The normalized spacial score (nSPS) is 10.7. The number of hydrogen-bond acceptors (Lipinski definition) is 5. The second-order valence-electron chi connectivity index (χ2n) is 4.49. The summed E-state index contributed by atoms with van der Waals surface area (Å²) in [6.45, 7) is 1.87. The SMILES string of the molecule is CNC(=O)Oc1cc(-c2c(C)nc3ccc(Cl)nn23)ccn1. The number of pyridine rings is 1. The topological polar surface area (TPSA) is 81.4 Å². The Bertz CT molecular complexity index is 862. The van der Waals surface area contributed by atoms with Crippen LogP contribution in [0.2, 0.25) is 5.15 Å². The molecule has 3 aromatic rings. The first-order valence-corrected chi connectivity index (χ1v) is 6.84. The number of carbonyl (C=O) groups excluding carboxylic acids is 1. The Morgan fingerprint density at radius 3 is 2.95 bits per heavy atom. The van der Waals surface area contributed by atoms with Crippen molar-refractivity contribution in [2.45, 2.75) is 6.92 Å². The predicted molar refractivity (Wildman–Crippen MR) is 81.0 cm³/mol. The summed E-state index contributed by atoms with van der Waals surface area (Å²) in [7, 11) is 1.48. The van der Waals surface area contributed by atoms with Crippen molar-refractivity contribution < 1.29 is 9.53 Å². The first kappa shape index (κ1) is 14.3. The molecule has 1 amide bonds. The standard InChI is InChI=1S/C14H12ClN5O2/c1-8-13(20-11(18-8)4-3-10(15)19-20)9-5-6-17-12(7-9)22-14(21)16-2/h3-7H,1-2H3,(H,16,21). The fraction of sp³-hybridized carbons (Fsp3) is 0.143. The van der Waals surface area contributed by atoms with Gasteiger partial charge in [-0.05, 0) is 25.1 Å². The van der Waals surface area contributed by atoms with E-state index < -0.39 is 6.09 Å². The Labute approximate surface area is 130 Å². The van der Waals surface area contributed by atoms with E-state index in [0.29, 0.717) is 10.8 Å². The molecule has 3 rings (SSSR count). The van der Waals surface area contributed by atoms with Gasteiger partial charge in [0.25, 0.3) is 0 Å². The van der Waals surface area contributed by atoms with Crippen molar-refractivity contribution in [1.82, 2.24) is 24.9 Å². The molecule has 0 fully saturated rings. The Kier molecular flexibility index (Phi) is 3.64. The highest BCUT2D eigenvalue weighted by atomic mass is 35.5. The third-order valence-corrected chi connectivity index (χ3v) is 3.23. The quantitative estimate of drug-likeness (QED) is 0.785. The summed E-state index contributed by atoms with van der Waals surface area (Å²) < 4.78 is 6.69. The van der Waals surface area contributed by atoms with Crippen LogP contribution in [0.1, 0.15) is 5.69 Å². The molecule has 0 aliphatic heterocycles. The van der Waals surface area contributed by atoms with Gasteiger partial charge in [0.15, 0.2) is 5.65 Å². The molecule has 1 N–H and O–H groups in total. The van der Waals surface area contributed by atoms with E-state index in [1.165, 1.54) is 7.05 Å². The highest BCUT2D eigenvalue weighted by Gasteiger charge is 2.14. The summed E-state index contributed by atoms with van der Waals surface area (Å²) in [5, 5.41) is 6.99. The van der Waals surface area contributed by atoms with E-state index in [-0.39, 0.29) is 5.88 Å². The van der Waals surface area contributed by atoms with Crippen molar-refractivity contribution in [3.63, 3.8) is 0 Å². The molecule has 0 aliphatic carbocycles. The first-order valence-electron chi connectivity index (χ1n) is 6.46. The number of fused-ring (bicyclic) bond motifs is 1. The molecule has 22 heavy (non-hydrogen) atoms. The van der Waals surface area contributed by atoms with Gasteiger partial charge in [-0.1, -0.05) is 11.6 Å². The lowest BCUT2D eigenvalue weighted by Gasteiger charge is -2.06. The van der Waals surface area contributed by atoms with Crippen molar-refractivity contribution in [2.24, 2.45) is 0 Å². The Morgan fingerprint density at radius 1 is 1.36 bits per heavy atom. The van der Waals surface area contributed by atoms with Gasteiger partial charge in [0.2, 0.25) is 5.88 Å². The molecular formula is C14H12ClN5O2. The van der Waals surface area contributed by atoms with Crippen molar-refractivity contribution >= 4 is 23.3 Å².